The van der Waals surface area contributed by atoms with Crippen molar-refractivity contribution < 1.29 is 26.4 Å². The summed E-state index contributed by atoms with van der Waals surface area (Å²) in [5.41, 5.74) is -0.103. The molecule has 0 saturated carbocycles. The molecule has 0 atom stereocenters. The van der Waals surface area contributed by atoms with E-state index in [-0.39, 0.29) is 17.8 Å². The van der Waals surface area contributed by atoms with E-state index in [2.05, 4.69) is 16.6 Å². The van der Waals surface area contributed by atoms with Gasteiger partial charge in [-0.25, -0.2) is 8.42 Å². The molecule has 1 aromatic carbocycles. The number of amides is 1. The van der Waals surface area contributed by atoms with Gasteiger partial charge in [0, 0.05) is 12.1 Å². The lowest BCUT2D eigenvalue weighted by Gasteiger charge is -2.16. The number of anilines is 1. The SMILES string of the molecule is C=C(CCNC(=O)c1ccc(C)cc1NS(=O)(=O)C(C)C)C(F)(F)F. The summed E-state index contributed by atoms with van der Waals surface area (Å²) in [4.78, 5) is 12.2. The first-order valence-corrected chi connectivity index (χ1v) is 9.04. The van der Waals surface area contributed by atoms with Crippen LogP contribution in [0.15, 0.2) is 30.4 Å². The number of hydrogen-bond acceptors (Lipinski definition) is 3. The van der Waals surface area contributed by atoms with Crippen molar-refractivity contribution in [1.82, 2.24) is 5.32 Å². The highest BCUT2D eigenvalue weighted by molar-refractivity contribution is 7.93. The lowest BCUT2D eigenvalue weighted by molar-refractivity contribution is -0.0934. The third-order valence-electron chi connectivity index (χ3n) is 3.41. The maximum atomic E-state index is 12.4. The molecule has 1 amide bonds. The van der Waals surface area contributed by atoms with Crippen LogP contribution in [0.3, 0.4) is 0 Å². The first-order chi connectivity index (χ1) is 11.3. The zero-order valence-electron chi connectivity index (χ0n) is 14.2. The molecule has 25 heavy (non-hydrogen) atoms. The Morgan fingerprint density at radius 2 is 1.88 bits per heavy atom. The van der Waals surface area contributed by atoms with Gasteiger partial charge in [0.1, 0.15) is 0 Å². The van der Waals surface area contributed by atoms with Gasteiger partial charge in [-0.15, -0.1) is 0 Å². The highest BCUT2D eigenvalue weighted by Crippen LogP contribution is 2.26. The standard InChI is InChI=1S/C16H21F3N2O3S/c1-10(2)25(23,24)21-14-9-11(3)5-6-13(14)15(22)20-8-7-12(4)16(17,18)19/h5-6,9-10,21H,4,7-8H2,1-3H3,(H,20,22). The van der Waals surface area contributed by atoms with Crippen LogP contribution in [0.4, 0.5) is 18.9 Å². The summed E-state index contributed by atoms with van der Waals surface area (Å²) >= 11 is 0. The van der Waals surface area contributed by atoms with Crippen molar-refractivity contribution in [1.29, 1.82) is 0 Å². The van der Waals surface area contributed by atoms with Crippen LogP contribution < -0.4 is 10.0 Å². The van der Waals surface area contributed by atoms with Crippen molar-refractivity contribution in [2.24, 2.45) is 0 Å². The first-order valence-electron chi connectivity index (χ1n) is 7.50. The van der Waals surface area contributed by atoms with E-state index in [9.17, 15) is 26.4 Å². The van der Waals surface area contributed by atoms with Crippen molar-refractivity contribution in [3.63, 3.8) is 0 Å². The quantitative estimate of drug-likeness (QED) is 0.714. The zero-order valence-corrected chi connectivity index (χ0v) is 15.0. The molecule has 0 aliphatic rings. The van der Waals surface area contributed by atoms with Gasteiger partial charge in [-0.05, 0) is 44.9 Å². The fraction of sp³-hybridized carbons (Fsp3) is 0.438. The molecule has 0 aliphatic heterocycles. The summed E-state index contributed by atoms with van der Waals surface area (Å²) in [6, 6.07) is 4.52. The number of sulfonamides is 1. The highest BCUT2D eigenvalue weighted by atomic mass is 32.2. The van der Waals surface area contributed by atoms with Crippen molar-refractivity contribution in [2.75, 3.05) is 11.3 Å². The van der Waals surface area contributed by atoms with Crippen molar-refractivity contribution in [3.8, 4) is 0 Å². The molecule has 0 saturated heterocycles. The molecule has 0 unspecified atom stereocenters. The van der Waals surface area contributed by atoms with Gasteiger partial charge in [0.05, 0.1) is 16.5 Å². The molecule has 0 aliphatic carbocycles. The third-order valence-corrected chi connectivity index (χ3v) is 5.15. The average Bonchev–Trinajstić information content (AvgIpc) is 2.45. The third kappa shape index (κ3) is 6.08. The fourth-order valence-corrected chi connectivity index (χ4v) is 2.49. The molecule has 1 rings (SSSR count). The Balaban J connectivity index is 2.91. The van der Waals surface area contributed by atoms with Crippen molar-refractivity contribution in [3.05, 3.63) is 41.5 Å². The summed E-state index contributed by atoms with van der Waals surface area (Å²) in [6.45, 7) is 7.36. The predicted octanol–water partition coefficient (Wildman–Crippen LogP) is 3.38. The molecule has 0 fully saturated rings. The number of hydrogen-bond donors (Lipinski definition) is 2. The summed E-state index contributed by atoms with van der Waals surface area (Å²) in [5, 5.41) is 1.63. The van der Waals surface area contributed by atoms with Crippen LogP contribution in [-0.2, 0) is 10.0 Å². The van der Waals surface area contributed by atoms with Gasteiger partial charge in [-0.1, -0.05) is 12.6 Å². The van der Waals surface area contributed by atoms with Gasteiger partial charge in [0.25, 0.3) is 5.91 Å². The van der Waals surface area contributed by atoms with Gasteiger partial charge < -0.3 is 5.32 Å². The molecule has 2 N–H and O–H groups in total. The van der Waals surface area contributed by atoms with Crippen molar-refractivity contribution in [2.45, 2.75) is 38.6 Å². The number of aryl methyl sites for hydroxylation is 1. The smallest absolute Gasteiger partial charge is 0.352 e. The Kier molecular flexibility index (Phi) is 6.64. The van der Waals surface area contributed by atoms with Gasteiger partial charge in [0.2, 0.25) is 10.0 Å². The molecule has 0 heterocycles. The molecule has 140 valence electrons. The number of carbonyl (C=O) groups is 1. The van der Waals surface area contributed by atoms with Crippen LogP contribution >= 0.6 is 0 Å². The summed E-state index contributed by atoms with van der Waals surface area (Å²) in [6.07, 6.45) is -4.96. The molecule has 5 nitrogen and oxygen atoms in total. The lowest BCUT2D eigenvalue weighted by atomic mass is 10.1. The largest absolute Gasteiger partial charge is 0.412 e. The van der Waals surface area contributed by atoms with Gasteiger partial charge in [0.15, 0.2) is 0 Å². The van der Waals surface area contributed by atoms with Crippen LogP contribution in [0.2, 0.25) is 0 Å². The maximum absolute atomic E-state index is 12.4. The second-order valence-electron chi connectivity index (χ2n) is 5.85. The van der Waals surface area contributed by atoms with E-state index in [1.807, 2.05) is 0 Å². The highest BCUT2D eigenvalue weighted by Gasteiger charge is 2.31. The number of halogens is 3. The lowest BCUT2D eigenvalue weighted by Crippen LogP contribution is -2.29. The Bertz CT molecular complexity index is 756. The zero-order chi connectivity index (χ0) is 19.4. The minimum absolute atomic E-state index is 0.0347. The van der Waals surface area contributed by atoms with Gasteiger partial charge >= 0.3 is 6.18 Å². The predicted molar refractivity (Wildman–Crippen MR) is 91.0 cm³/mol. The van der Waals surface area contributed by atoms with Crippen LogP contribution in [-0.4, -0.2) is 32.3 Å². The first kappa shape index (κ1) is 21.0. The van der Waals surface area contributed by atoms with E-state index in [0.717, 1.165) is 5.56 Å². The minimum Gasteiger partial charge on any atom is -0.352 e. The van der Waals surface area contributed by atoms with E-state index in [0.29, 0.717) is 0 Å². The number of rotatable bonds is 7. The number of carbonyl (C=O) groups excluding carboxylic acids is 1. The average molecular weight is 378 g/mol. The second kappa shape index (κ2) is 7.90. The normalized spacial score (nSPS) is 12.1. The number of nitrogens with one attached hydrogen (secondary N) is 2. The van der Waals surface area contributed by atoms with E-state index in [1.54, 1.807) is 13.0 Å². The Hall–Kier alpha value is -2.03. The van der Waals surface area contributed by atoms with Crippen molar-refractivity contribution >= 4 is 21.6 Å². The molecule has 9 heteroatoms. The molecule has 0 bridgehead atoms. The van der Waals surface area contributed by atoms with Crippen LogP contribution in [0.25, 0.3) is 0 Å². The maximum Gasteiger partial charge on any atom is 0.412 e. The second-order valence-corrected chi connectivity index (χ2v) is 8.09. The molecule has 0 radical (unpaired) electrons. The summed E-state index contributed by atoms with van der Waals surface area (Å²) in [7, 11) is -3.67. The summed E-state index contributed by atoms with van der Waals surface area (Å²) in [5.74, 6) is -0.670. The molecule has 0 spiro atoms. The topological polar surface area (TPSA) is 75.3 Å². The Labute approximate surface area is 145 Å². The van der Waals surface area contributed by atoms with E-state index >= 15 is 0 Å². The fourth-order valence-electron chi connectivity index (χ4n) is 1.78. The van der Waals surface area contributed by atoms with Crippen LogP contribution in [0.1, 0.15) is 36.2 Å². The molecule has 0 aromatic heterocycles. The number of benzene rings is 1. The van der Waals surface area contributed by atoms with E-state index < -0.39 is 39.4 Å². The molecular weight excluding hydrogens is 357 g/mol. The Morgan fingerprint density at radius 1 is 1.28 bits per heavy atom. The Morgan fingerprint density at radius 3 is 2.40 bits per heavy atom. The van der Waals surface area contributed by atoms with Gasteiger partial charge in [-0.2, -0.15) is 13.2 Å². The minimum atomic E-state index is -4.51. The van der Waals surface area contributed by atoms with Crippen LogP contribution in [0, 0.1) is 6.92 Å². The monoisotopic (exact) mass is 378 g/mol. The molecule has 1 aromatic rings. The summed E-state index contributed by atoms with van der Waals surface area (Å²) < 4.78 is 63.5. The number of alkyl halides is 3. The van der Waals surface area contributed by atoms with Crippen LogP contribution in [0.5, 0.6) is 0 Å². The van der Waals surface area contributed by atoms with E-state index in [1.165, 1.54) is 26.0 Å². The van der Waals surface area contributed by atoms with Gasteiger partial charge in [-0.3, -0.25) is 9.52 Å². The molecular formula is C16H21F3N2O3S. The van der Waals surface area contributed by atoms with E-state index in [4.69, 9.17) is 0 Å².